The van der Waals surface area contributed by atoms with Gasteiger partial charge in [-0.15, -0.1) is 11.3 Å². The number of aromatic nitrogens is 1. The van der Waals surface area contributed by atoms with E-state index in [4.69, 9.17) is 4.74 Å². The lowest BCUT2D eigenvalue weighted by Crippen LogP contribution is -2.50. The molecule has 2 amide bonds. The predicted molar refractivity (Wildman–Crippen MR) is 128 cm³/mol. The highest BCUT2D eigenvalue weighted by Gasteiger charge is 2.24. The first-order chi connectivity index (χ1) is 15.5. The summed E-state index contributed by atoms with van der Waals surface area (Å²) in [6.07, 6.45) is 1.21. The number of carbonyl (C=O) groups is 2. The Bertz CT molecular complexity index is 1020. The number of thiazole rings is 1. The van der Waals surface area contributed by atoms with Gasteiger partial charge in [0, 0.05) is 23.5 Å². The molecule has 0 fully saturated rings. The normalized spacial score (nSPS) is 12.5. The van der Waals surface area contributed by atoms with Crippen LogP contribution in [0.5, 0.6) is 5.75 Å². The van der Waals surface area contributed by atoms with E-state index in [0.717, 1.165) is 23.4 Å². The molecule has 7 nitrogen and oxygen atoms in total. The summed E-state index contributed by atoms with van der Waals surface area (Å²) in [6, 6.07) is 16.4. The van der Waals surface area contributed by atoms with Crippen molar-refractivity contribution in [1.82, 2.24) is 15.6 Å². The van der Waals surface area contributed by atoms with E-state index >= 15 is 0 Å². The van der Waals surface area contributed by atoms with Crippen LogP contribution in [0.3, 0.4) is 0 Å². The van der Waals surface area contributed by atoms with E-state index in [2.05, 4.69) is 20.9 Å². The maximum absolute atomic E-state index is 12.9. The second-order valence-electron chi connectivity index (χ2n) is 7.43. The molecule has 3 aromatic rings. The van der Waals surface area contributed by atoms with Gasteiger partial charge in [0.05, 0.1) is 7.11 Å². The fourth-order valence-corrected chi connectivity index (χ4v) is 3.68. The molecule has 0 aliphatic rings. The second-order valence-corrected chi connectivity index (χ2v) is 8.28. The van der Waals surface area contributed by atoms with Gasteiger partial charge in [-0.1, -0.05) is 37.3 Å². The zero-order valence-electron chi connectivity index (χ0n) is 18.4. The lowest BCUT2D eigenvalue weighted by molar-refractivity contribution is -0.123. The Morgan fingerprint density at radius 2 is 1.78 bits per heavy atom. The van der Waals surface area contributed by atoms with Crippen LogP contribution in [0.4, 0.5) is 10.8 Å². The number of methoxy groups -OCH3 is 1. The number of nitrogens with one attached hydrogen (secondary N) is 3. The van der Waals surface area contributed by atoms with Crippen LogP contribution in [-0.2, 0) is 11.2 Å². The number of amides is 2. The topological polar surface area (TPSA) is 92.4 Å². The fourth-order valence-electron chi connectivity index (χ4n) is 2.97. The van der Waals surface area contributed by atoms with Crippen molar-refractivity contribution in [3.05, 3.63) is 71.2 Å². The van der Waals surface area contributed by atoms with Gasteiger partial charge >= 0.3 is 0 Å². The van der Waals surface area contributed by atoms with Crippen LogP contribution in [0.15, 0.2) is 60.0 Å². The van der Waals surface area contributed by atoms with Crippen molar-refractivity contribution in [3.8, 4) is 5.75 Å². The van der Waals surface area contributed by atoms with Gasteiger partial charge < -0.3 is 20.7 Å². The zero-order valence-corrected chi connectivity index (χ0v) is 19.2. The van der Waals surface area contributed by atoms with E-state index in [1.54, 1.807) is 12.5 Å². The van der Waals surface area contributed by atoms with Gasteiger partial charge in [-0.05, 0) is 43.2 Å². The van der Waals surface area contributed by atoms with Crippen molar-refractivity contribution in [2.45, 2.75) is 38.8 Å². The molecule has 3 N–H and O–H groups in total. The van der Waals surface area contributed by atoms with Gasteiger partial charge in [-0.3, -0.25) is 9.59 Å². The van der Waals surface area contributed by atoms with Crippen molar-refractivity contribution < 1.29 is 14.3 Å². The molecule has 0 radical (unpaired) electrons. The first-order valence-corrected chi connectivity index (χ1v) is 11.4. The molecule has 32 heavy (non-hydrogen) atoms. The van der Waals surface area contributed by atoms with Gasteiger partial charge in [0.25, 0.3) is 5.91 Å². The molecular formula is C24H28N4O3S. The van der Waals surface area contributed by atoms with Crippen molar-refractivity contribution >= 4 is 34.0 Å². The van der Waals surface area contributed by atoms with Crippen LogP contribution >= 0.6 is 11.3 Å². The van der Waals surface area contributed by atoms with Crippen LogP contribution in [-0.4, -0.2) is 36.0 Å². The smallest absolute Gasteiger partial charge is 0.271 e. The number of hydrogen-bond donors (Lipinski definition) is 3. The quantitative estimate of drug-likeness (QED) is 0.430. The van der Waals surface area contributed by atoms with Crippen molar-refractivity contribution in [2.24, 2.45) is 0 Å². The maximum atomic E-state index is 12.9. The number of hydrogen-bond acceptors (Lipinski definition) is 6. The van der Waals surface area contributed by atoms with Crippen LogP contribution < -0.4 is 20.7 Å². The molecule has 0 aliphatic carbocycles. The number of anilines is 2. The van der Waals surface area contributed by atoms with E-state index in [0.29, 0.717) is 11.6 Å². The number of rotatable bonds is 10. The van der Waals surface area contributed by atoms with E-state index < -0.39 is 6.04 Å². The Labute approximate surface area is 192 Å². The largest absolute Gasteiger partial charge is 0.497 e. The molecule has 0 saturated heterocycles. The van der Waals surface area contributed by atoms with Gasteiger partial charge in [0.15, 0.2) is 5.13 Å². The monoisotopic (exact) mass is 452 g/mol. The molecule has 2 atom stereocenters. The Hall–Kier alpha value is -3.39. The minimum absolute atomic E-state index is 0.0252. The molecule has 0 saturated carbocycles. The highest BCUT2D eigenvalue weighted by molar-refractivity contribution is 7.14. The van der Waals surface area contributed by atoms with Crippen LogP contribution in [0.2, 0.25) is 0 Å². The SMILES string of the molecule is CCC(C)NC(=O)C(Cc1ccccc1)NC(=O)c1csc(Nc2ccc(OC)cc2)n1. The predicted octanol–water partition coefficient (Wildman–Crippen LogP) is 4.15. The average molecular weight is 453 g/mol. The molecule has 168 valence electrons. The Balaban J connectivity index is 1.68. The molecule has 0 spiro atoms. The lowest BCUT2D eigenvalue weighted by Gasteiger charge is -2.20. The van der Waals surface area contributed by atoms with E-state index in [-0.39, 0.29) is 23.6 Å². The third-order valence-corrected chi connectivity index (χ3v) is 5.74. The molecule has 2 aromatic carbocycles. The number of ether oxygens (including phenoxy) is 1. The molecule has 1 aromatic heterocycles. The molecule has 3 rings (SSSR count). The molecule has 1 heterocycles. The summed E-state index contributed by atoms with van der Waals surface area (Å²) in [5.74, 6) is 0.169. The zero-order chi connectivity index (χ0) is 22.9. The summed E-state index contributed by atoms with van der Waals surface area (Å²) in [7, 11) is 1.61. The van der Waals surface area contributed by atoms with E-state index in [9.17, 15) is 9.59 Å². The van der Waals surface area contributed by atoms with Crippen molar-refractivity contribution in [2.75, 3.05) is 12.4 Å². The van der Waals surface area contributed by atoms with Crippen molar-refractivity contribution in [1.29, 1.82) is 0 Å². The minimum atomic E-state index is -0.696. The first kappa shape index (κ1) is 23.3. The molecule has 0 bridgehead atoms. The average Bonchev–Trinajstić information content (AvgIpc) is 3.28. The number of nitrogens with zero attached hydrogens (tertiary/aromatic N) is 1. The van der Waals surface area contributed by atoms with Gasteiger partial charge in [-0.2, -0.15) is 0 Å². The number of benzene rings is 2. The standard InChI is InChI=1S/C24H28N4O3S/c1-4-16(2)25-22(29)20(14-17-8-6-5-7-9-17)27-23(30)21-15-32-24(28-21)26-18-10-12-19(31-3)13-11-18/h5-13,15-16,20H,4,14H2,1-3H3,(H,25,29)(H,26,28)(H,27,30). The van der Waals surface area contributed by atoms with Gasteiger partial charge in [0.1, 0.15) is 17.5 Å². The highest BCUT2D eigenvalue weighted by atomic mass is 32.1. The lowest BCUT2D eigenvalue weighted by atomic mass is 10.0. The molecular weight excluding hydrogens is 424 g/mol. The number of carbonyl (C=O) groups excluding carboxylic acids is 2. The summed E-state index contributed by atoms with van der Waals surface area (Å²) in [6.45, 7) is 3.94. The molecule has 0 aliphatic heterocycles. The molecule has 8 heteroatoms. The van der Waals surface area contributed by atoms with E-state index in [1.807, 2.05) is 68.4 Å². The maximum Gasteiger partial charge on any atom is 0.271 e. The Morgan fingerprint density at radius 3 is 2.44 bits per heavy atom. The van der Waals surface area contributed by atoms with Crippen LogP contribution in [0.25, 0.3) is 0 Å². The molecule has 2 unspecified atom stereocenters. The van der Waals surface area contributed by atoms with Crippen LogP contribution in [0.1, 0.15) is 36.3 Å². The Kier molecular flexibility index (Phi) is 8.21. The summed E-state index contributed by atoms with van der Waals surface area (Å²) in [5, 5.41) is 11.2. The third-order valence-electron chi connectivity index (χ3n) is 4.98. The minimum Gasteiger partial charge on any atom is -0.497 e. The Morgan fingerprint density at radius 1 is 1.06 bits per heavy atom. The summed E-state index contributed by atoms with van der Waals surface area (Å²) < 4.78 is 5.16. The highest BCUT2D eigenvalue weighted by Crippen LogP contribution is 2.23. The second kappa shape index (κ2) is 11.3. The fraction of sp³-hybridized carbons (Fsp3) is 0.292. The van der Waals surface area contributed by atoms with Crippen molar-refractivity contribution in [3.63, 3.8) is 0 Å². The summed E-state index contributed by atoms with van der Waals surface area (Å²) in [4.78, 5) is 30.1. The van der Waals surface area contributed by atoms with Gasteiger partial charge in [0.2, 0.25) is 5.91 Å². The third kappa shape index (κ3) is 6.55. The summed E-state index contributed by atoms with van der Waals surface area (Å²) >= 11 is 1.32. The van der Waals surface area contributed by atoms with Crippen LogP contribution in [0, 0.1) is 0 Å². The summed E-state index contributed by atoms with van der Waals surface area (Å²) in [5.41, 5.74) is 2.07. The van der Waals surface area contributed by atoms with E-state index in [1.165, 1.54) is 11.3 Å². The van der Waals surface area contributed by atoms with Gasteiger partial charge in [-0.25, -0.2) is 4.98 Å². The first-order valence-electron chi connectivity index (χ1n) is 10.5.